The molecule has 0 amide bonds. The van der Waals surface area contributed by atoms with Crippen LogP contribution >= 0.6 is 46.4 Å². The van der Waals surface area contributed by atoms with Gasteiger partial charge in [0.1, 0.15) is 6.04 Å². The van der Waals surface area contributed by atoms with Crippen LogP contribution in [0.3, 0.4) is 0 Å². The SMILES string of the molecule is O=C(O)C(Cc1ccc2nc(-c3c(Cl)cccc3Cl)ccc2c1)NCc1c(Cl)cccc1Cl. The molecule has 0 radical (unpaired) electrons. The first-order valence-corrected chi connectivity index (χ1v) is 11.6. The van der Waals surface area contributed by atoms with E-state index in [0.717, 1.165) is 16.5 Å². The number of aliphatic carboxylic acids is 1. The van der Waals surface area contributed by atoms with E-state index in [1.54, 1.807) is 36.4 Å². The lowest BCUT2D eigenvalue weighted by Crippen LogP contribution is -2.38. The van der Waals surface area contributed by atoms with Gasteiger partial charge in [-0.05, 0) is 54.4 Å². The minimum Gasteiger partial charge on any atom is -0.480 e. The maximum atomic E-state index is 11.9. The fraction of sp³-hybridized carbons (Fsp3) is 0.120. The van der Waals surface area contributed by atoms with Crippen molar-refractivity contribution in [1.29, 1.82) is 0 Å². The molecule has 1 heterocycles. The van der Waals surface area contributed by atoms with Crippen LogP contribution in [0.15, 0.2) is 66.7 Å². The number of hydrogen-bond donors (Lipinski definition) is 2. The number of carbonyl (C=O) groups is 1. The Morgan fingerprint density at radius 1 is 0.879 bits per heavy atom. The van der Waals surface area contributed by atoms with Gasteiger partial charge in [-0.2, -0.15) is 0 Å². The molecule has 4 nitrogen and oxygen atoms in total. The number of aromatic nitrogens is 1. The normalized spacial score (nSPS) is 12.1. The van der Waals surface area contributed by atoms with Crippen molar-refractivity contribution in [1.82, 2.24) is 10.3 Å². The summed E-state index contributed by atoms with van der Waals surface area (Å²) in [6.45, 7) is 0.243. The van der Waals surface area contributed by atoms with E-state index in [1.165, 1.54) is 0 Å². The Morgan fingerprint density at radius 2 is 1.52 bits per heavy atom. The lowest BCUT2D eigenvalue weighted by molar-refractivity contribution is -0.139. The van der Waals surface area contributed by atoms with Crippen molar-refractivity contribution in [3.05, 3.63) is 97.9 Å². The Morgan fingerprint density at radius 3 is 2.15 bits per heavy atom. The number of halogens is 4. The van der Waals surface area contributed by atoms with E-state index >= 15 is 0 Å². The Labute approximate surface area is 211 Å². The van der Waals surface area contributed by atoms with Crippen LogP contribution in [0.4, 0.5) is 0 Å². The highest BCUT2D eigenvalue weighted by molar-refractivity contribution is 6.39. The monoisotopic (exact) mass is 518 g/mol. The summed E-state index contributed by atoms with van der Waals surface area (Å²) in [6, 6.07) is 19.1. The van der Waals surface area contributed by atoms with Crippen LogP contribution in [0.25, 0.3) is 22.2 Å². The lowest BCUT2D eigenvalue weighted by Gasteiger charge is -2.16. The maximum Gasteiger partial charge on any atom is 0.321 e. The lowest BCUT2D eigenvalue weighted by atomic mass is 10.0. The first kappa shape index (κ1) is 23.8. The van der Waals surface area contributed by atoms with Gasteiger partial charge >= 0.3 is 5.97 Å². The summed E-state index contributed by atoms with van der Waals surface area (Å²) in [5.41, 5.74) is 3.64. The van der Waals surface area contributed by atoms with Crippen LogP contribution in [0.5, 0.6) is 0 Å². The molecule has 1 atom stereocenters. The molecule has 0 saturated heterocycles. The molecule has 33 heavy (non-hydrogen) atoms. The molecule has 8 heteroatoms. The third-order valence-corrected chi connectivity index (χ3v) is 6.64. The van der Waals surface area contributed by atoms with Crippen molar-refractivity contribution in [3.8, 4) is 11.3 Å². The van der Waals surface area contributed by atoms with E-state index in [4.69, 9.17) is 46.4 Å². The molecule has 1 aromatic heterocycles. The average Bonchev–Trinajstić information content (AvgIpc) is 2.77. The number of fused-ring (bicyclic) bond motifs is 1. The predicted molar refractivity (Wildman–Crippen MR) is 136 cm³/mol. The molecule has 2 N–H and O–H groups in total. The van der Waals surface area contributed by atoms with Crippen LogP contribution in [0.2, 0.25) is 20.1 Å². The Kier molecular flexibility index (Phi) is 7.42. The zero-order valence-electron chi connectivity index (χ0n) is 17.2. The van der Waals surface area contributed by atoms with Crippen LogP contribution in [-0.4, -0.2) is 22.1 Å². The third kappa shape index (κ3) is 5.43. The van der Waals surface area contributed by atoms with Crippen molar-refractivity contribution in [2.45, 2.75) is 19.0 Å². The minimum atomic E-state index is -0.958. The average molecular weight is 520 g/mol. The molecule has 0 saturated carbocycles. The molecule has 0 aliphatic heterocycles. The Bertz CT molecular complexity index is 1300. The fourth-order valence-corrected chi connectivity index (χ4v) is 4.71. The van der Waals surface area contributed by atoms with Crippen LogP contribution in [-0.2, 0) is 17.8 Å². The zero-order valence-corrected chi connectivity index (χ0v) is 20.2. The van der Waals surface area contributed by atoms with Crippen LogP contribution in [0.1, 0.15) is 11.1 Å². The molecular weight excluding hydrogens is 502 g/mol. The van der Waals surface area contributed by atoms with E-state index in [0.29, 0.717) is 36.9 Å². The Hall–Kier alpha value is -2.34. The summed E-state index contributed by atoms with van der Waals surface area (Å²) in [5.74, 6) is -0.958. The van der Waals surface area contributed by atoms with Gasteiger partial charge in [-0.25, -0.2) is 4.98 Å². The van der Waals surface area contributed by atoms with E-state index < -0.39 is 12.0 Å². The summed E-state index contributed by atoms with van der Waals surface area (Å²) in [6.07, 6.45) is 0.283. The molecule has 0 aliphatic rings. The summed E-state index contributed by atoms with van der Waals surface area (Å²) in [7, 11) is 0. The van der Waals surface area contributed by atoms with Crippen molar-refractivity contribution in [2.75, 3.05) is 0 Å². The topological polar surface area (TPSA) is 62.2 Å². The summed E-state index contributed by atoms with van der Waals surface area (Å²) >= 11 is 25.0. The number of nitrogens with one attached hydrogen (secondary N) is 1. The van der Waals surface area contributed by atoms with E-state index in [9.17, 15) is 9.90 Å². The number of nitrogens with zero attached hydrogens (tertiary/aromatic N) is 1. The van der Waals surface area contributed by atoms with Crippen molar-refractivity contribution >= 4 is 63.3 Å². The molecule has 3 aromatic carbocycles. The second-order valence-electron chi connectivity index (χ2n) is 7.50. The molecule has 0 aliphatic carbocycles. The highest BCUT2D eigenvalue weighted by atomic mass is 35.5. The number of pyridine rings is 1. The third-order valence-electron chi connectivity index (χ3n) is 5.30. The molecule has 0 spiro atoms. The number of carboxylic acids is 1. The zero-order chi connectivity index (χ0) is 23.5. The van der Waals surface area contributed by atoms with Gasteiger partial charge in [0, 0.05) is 33.1 Å². The van der Waals surface area contributed by atoms with Gasteiger partial charge in [0.2, 0.25) is 0 Å². The highest BCUT2D eigenvalue weighted by Crippen LogP contribution is 2.34. The summed E-state index contributed by atoms with van der Waals surface area (Å²) in [5, 5.41) is 15.7. The molecule has 0 bridgehead atoms. The first-order chi connectivity index (χ1) is 15.8. The van der Waals surface area contributed by atoms with Crippen LogP contribution < -0.4 is 5.32 Å². The molecule has 168 valence electrons. The molecule has 0 fully saturated rings. The smallest absolute Gasteiger partial charge is 0.321 e. The standard InChI is InChI=1S/C25H18Cl4N2O2/c26-17-3-1-4-18(27)16(17)13-30-23(25(32)33)12-14-7-9-21-15(11-14)8-10-22(31-21)24-19(28)5-2-6-20(24)29/h1-11,23,30H,12-13H2,(H,32,33). The van der Waals surface area contributed by atoms with Gasteiger partial charge in [0.25, 0.3) is 0 Å². The first-order valence-electron chi connectivity index (χ1n) is 10.1. The van der Waals surface area contributed by atoms with Gasteiger partial charge in [-0.1, -0.05) is 70.7 Å². The predicted octanol–water partition coefficient (Wildman–Crippen LogP) is 7.30. The van der Waals surface area contributed by atoms with Gasteiger partial charge < -0.3 is 5.11 Å². The quantitative estimate of drug-likeness (QED) is 0.269. The molecule has 4 rings (SSSR count). The van der Waals surface area contributed by atoms with Crippen molar-refractivity contribution in [3.63, 3.8) is 0 Å². The van der Waals surface area contributed by atoms with Gasteiger partial charge in [0.05, 0.1) is 21.3 Å². The number of hydrogen-bond acceptors (Lipinski definition) is 3. The minimum absolute atomic E-state index is 0.243. The summed E-state index contributed by atoms with van der Waals surface area (Å²) < 4.78 is 0. The largest absolute Gasteiger partial charge is 0.480 e. The summed E-state index contributed by atoms with van der Waals surface area (Å²) in [4.78, 5) is 16.5. The van der Waals surface area contributed by atoms with E-state index in [-0.39, 0.29) is 13.0 Å². The van der Waals surface area contributed by atoms with Gasteiger partial charge in [-0.15, -0.1) is 0 Å². The molecular formula is C25H18Cl4N2O2. The van der Waals surface area contributed by atoms with Crippen molar-refractivity contribution in [2.24, 2.45) is 0 Å². The van der Waals surface area contributed by atoms with E-state index in [2.05, 4.69) is 10.3 Å². The maximum absolute atomic E-state index is 11.9. The second kappa shape index (κ2) is 10.3. The Balaban J connectivity index is 1.55. The fourth-order valence-electron chi connectivity index (χ4n) is 3.59. The second-order valence-corrected chi connectivity index (χ2v) is 9.13. The van der Waals surface area contributed by atoms with Crippen molar-refractivity contribution < 1.29 is 9.90 Å². The molecule has 1 unspecified atom stereocenters. The van der Waals surface area contributed by atoms with Crippen LogP contribution in [0, 0.1) is 0 Å². The number of carboxylic acid groups (broad SMARTS) is 1. The van der Waals surface area contributed by atoms with E-state index in [1.807, 2.05) is 30.3 Å². The van der Waals surface area contributed by atoms with Gasteiger partial charge in [0.15, 0.2) is 0 Å². The molecule has 4 aromatic rings. The number of rotatable bonds is 7. The highest BCUT2D eigenvalue weighted by Gasteiger charge is 2.19. The van der Waals surface area contributed by atoms with Gasteiger partial charge in [-0.3, -0.25) is 10.1 Å². The number of benzene rings is 3.